The van der Waals surface area contributed by atoms with Gasteiger partial charge in [0.2, 0.25) is 5.90 Å². The summed E-state index contributed by atoms with van der Waals surface area (Å²) in [5.74, 6) is -0.659. The van der Waals surface area contributed by atoms with Gasteiger partial charge < -0.3 is 15.2 Å². The molecule has 19 heavy (non-hydrogen) atoms. The average Bonchev–Trinajstić information content (AvgIpc) is 3.12. The molecule has 3 N–H and O–H groups in total. The van der Waals surface area contributed by atoms with Gasteiger partial charge in [0, 0.05) is 12.3 Å². The first-order valence-corrected chi connectivity index (χ1v) is 6.02. The summed E-state index contributed by atoms with van der Waals surface area (Å²) in [4.78, 5) is 14.6. The average molecular weight is 282 g/mol. The van der Waals surface area contributed by atoms with Crippen molar-refractivity contribution in [2.24, 2.45) is 0 Å². The molecule has 1 aromatic heterocycles. The van der Waals surface area contributed by atoms with Crippen LogP contribution in [0.25, 0.3) is 0 Å². The van der Waals surface area contributed by atoms with Crippen LogP contribution in [0.5, 0.6) is 0 Å². The smallest absolute Gasteiger partial charge is 0.338 e. The number of hydrogen-bond donors (Lipinski definition) is 3. The van der Waals surface area contributed by atoms with Gasteiger partial charge in [0.15, 0.2) is 0 Å². The van der Waals surface area contributed by atoms with Crippen molar-refractivity contribution in [3.8, 4) is 0 Å². The topological polar surface area (TPSA) is 95.3 Å². The lowest BCUT2D eigenvalue weighted by atomic mass is 10.3. The van der Waals surface area contributed by atoms with Crippen LogP contribution in [0.2, 0.25) is 5.15 Å². The SMILES string of the molecule is N=C(/C=C\Nc1ccc(C(=O)O)c(Cl)n1)OC1CC1. The van der Waals surface area contributed by atoms with Gasteiger partial charge in [0.05, 0.1) is 5.56 Å². The standard InChI is InChI=1S/C12H12ClN3O3/c13-11-8(12(17)18)3-4-10(16-11)15-6-5-9(14)19-7-1-2-7/h3-7,14H,1-2H2,(H,15,16)(H,17,18)/b6-5-,14-9?. The third kappa shape index (κ3) is 3.96. The van der Waals surface area contributed by atoms with E-state index in [4.69, 9.17) is 26.9 Å². The molecule has 0 atom stereocenters. The van der Waals surface area contributed by atoms with Crippen molar-refractivity contribution in [3.63, 3.8) is 0 Å². The summed E-state index contributed by atoms with van der Waals surface area (Å²) in [5, 5.41) is 19.0. The Morgan fingerprint density at radius 1 is 1.58 bits per heavy atom. The predicted octanol–water partition coefficient (Wildman–Crippen LogP) is 2.52. The van der Waals surface area contributed by atoms with Gasteiger partial charge in [-0.3, -0.25) is 5.41 Å². The van der Waals surface area contributed by atoms with Gasteiger partial charge in [-0.25, -0.2) is 9.78 Å². The lowest BCUT2D eigenvalue weighted by molar-refractivity contribution is 0.0696. The van der Waals surface area contributed by atoms with Gasteiger partial charge in [0.25, 0.3) is 0 Å². The summed E-state index contributed by atoms with van der Waals surface area (Å²) in [6.07, 6.45) is 5.12. The normalized spacial score (nSPS) is 14.4. The van der Waals surface area contributed by atoms with Gasteiger partial charge in [-0.1, -0.05) is 11.6 Å². The highest BCUT2D eigenvalue weighted by atomic mass is 35.5. The van der Waals surface area contributed by atoms with Gasteiger partial charge in [-0.2, -0.15) is 0 Å². The van der Waals surface area contributed by atoms with Crippen LogP contribution in [0.1, 0.15) is 23.2 Å². The Morgan fingerprint density at radius 2 is 2.32 bits per heavy atom. The zero-order valence-corrected chi connectivity index (χ0v) is 10.6. The summed E-state index contributed by atoms with van der Waals surface area (Å²) >= 11 is 5.72. The maximum atomic E-state index is 10.7. The number of pyridine rings is 1. The maximum Gasteiger partial charge on any atom is 0.338 e. The molecule has 100 valence electrons. The molecule has 2 rings (SSSR count). The van der Waals surface area contributed by atoms with E-state index in [9.17, 15) is 4.79 Å². The Bertz CT molecular complexity index is 541. The number of nitrogens with zero attached hydrogens (tertiary/aromatic N) is 1. The Hall–Kier alpha value is -2.08. The fourth-order valence-electron chi connectivity index (χ4n) is 1.28. The number of ether oxygens (including phenoxy) is 1. The molecule has 0 aromatic carbocycles. The minimum absolute atomic E-state index is 0.0546. The van der Waals surface area contributed by atoms with Crippen LogP contribution in [0.4, 0.5) is 5.82 Å². The molecule has 0 aliphatic heterocycles. The predicted molar refractivity (Wildman–Crippen MR) is 70.8 cm³/mol. The zero-order valence-electron chi connectivity index (χ0n) is 9.89. The minimum Gasteiger partial charge on any atom is -0.478 e. The van der Waals surface area contributed by atoms with E-state index in [0.717, 1.165) is 12.8 Å². The van der Waals surface area contributed by atoms with Crippen molar-refractivity contribution in [3.05, 3.63) is 35.1 Å². The number of rotatable bonds is 5. The first-order chi connectivity index (χ1) is 9.06. The first-order valence-electron chi connectivity index (χ1n) is 5.64. The molecule has 1 heterocycles. The fraction of sp³-hybridized carbons (Fsp3) is 0.250. The van der Waals surface area contributed by atoms with Gasteiger partial charge in [-0.05, 0) is 25.0 Å². The molecule has 0 radical (unpaired) electrons. The second-order valence-electron chi connectivity index (χ2n) is 4.00. The van der Waals surface area contributed by atoms with E-state index in [1.807, 2.05) is 0 Å². The summed E-state index contributed by atoms with van der Waals surface area (Å²) in [5.41, 5.74) is -0.0546. The van der Waals surface area contributed by atoms with E-state index < -0.39 is 5.97 Å². The van der Waals surface area contributed by atoms with Crippen molar-refractivity contribution < 1.29 is 14.6 Å². The molecular weight excluding hydrogens is 270 g/mol. The molecule has 0 unspecified atom stereocenters. The Labute approximate surface area is 114 Å². The van der Waals surface area contributed by atoms with Gasteiger partial charge >= 0.3 is 5.97 Å². The van der Waals surface area contributed by atoms with Crippen molar-refractivity contribution in [2.75, 3.05) is 5.32 Å². The minimum atomic E-state index is -1.13. The van der Waals surface area contributed by atoms with E-state index >= 15 is 0 Å². The fourth-order valence-corrected chi connectivity index (χ4v) is 1.52. The van der Waals surface area contributed by atoms with E-state index in [1.165, 1.54) is 24.4 Å². The number of carboxylic acid groups (broad SMARTS) is 1. The Kier molecular flexibility index (Phi) is 4.01. The number of nitrogens with one attached hydrogen (secondary N) is 2. The van der Waals surface area contributed by atoms with Gasteiger partial charge in [0.1, 0.15) is 17.1 Å². The van der Waals surface area contributed by atoms with E-state index in [2.05, 4.69) is 10.3 Å². The molecule has 1 fully saturated rings. The maximum absolute atomic E-state index is 10.7. The number of halogens is 1. The summed E-state index contributed by atoms with van der Waals surface area (Å²) in [6, 6.07) is 2.85. The van der Waals surface area contributed by atoms with Crippen molar-refractivity contribution in [1.82, 2.24) is 4.98 Å². The quantitative estimate of drug-likeness (QED) is 0.438. The second-order valence-corrected chi connectivity index (χ2v) is 4.36. The lowest BCUT2D eigenvalue weighted by Gasteiger charge is -2.03. The molecule has 1 saturated carbocycles. The van der Waals surface area contributed by atoms with Crippen LogP contribution < -0.4 is 5.32 Å². The van der Waals surface area contributed by atoms with E-state index in [0.29, 0.717) is 5.82 Å². The van der Waals surface area contributed by atoms with Crippen molar-refractivity contribution in [1.29, 1.82) is 5.41 Å². The molecule has 1 aliphatic carbocycles. The number of aromatic carboxylic acids is 1. The van der Waals surface area contributed by atoms with Crippen LogP contribution in [0.3, 0.4) is 0 Å². The Balaban J connectivity index is 1.91. The number of hydrogen-bond acceptors (Lipinski definition) is 5. The summed E-state index contributed by atoms with van der Waals surface area (Å²) < 4.78 is 5.21. The molecule has 1 aromatic rings. The lowest BCUT2D eigenvalue weighted by Crippen LogP contribution is -2.03. The third-order valence-electron chi connectivity index (χ3n) is 2.36. The molecule has 7 heteroatoms. The first kappa shape index (κ1) is 13.4. The molecule has 0 saturated heterocycles. The number of aromatic nitrogens is 1. The van der Waals surface area contributed by atoms with Crippen LogP contribution >= 0.6 is 11.6 Å². The third-order valence-corrected chi connectivity index (χ3v) is 2.65. The zero-order chi connectivity index (χ0) is 13.8. The number of anilines is 1. The van der Waals surface area contributed by atoms with E-state index in [1.54, 1.807) is 0 Å². The second kappa shape index (κ2) is 5.71. The van der Waals surface area contributed by atoms with Crippen LogP contribution in [0, 0.1) is 5.41 Å². The molecule has 0 bridgehead atoms. The van der Waals surface area contributed by atoms with Crippen molar-refractivity contribution >= 4 is 29.3 Å². The number of carboxylic acids is 1. The molecule has 0 spiro atoms. The Morgan fingerprint density at radius 3 is 2.89 bits per heavy atom. The molecule has 1 aliphatic rings. The summed E-state index contributed by atoms with van der Waals surface area (Å²) in [7, 11) is 0. The number of carbonyl (C=O) groups is 1. The highest BCUT2D eigenvalue weighted by Crippen LogP contribution is 2.23. The molecule has 0 amide bonds. The highest BCUT2D eigenvalue weighted by molar-refractivity contribution is 6.32. The van der Waals surface area contributed by atoms with E-state index in [-0.39, 0.29) is 22.7 Å². The summed E-state index contributed by atoms with van der Waals surface area (Å²) in [6.45, 7) is 0. The van der Waals surface area contributed by atoms with Crippen molar-refractivity contribution in [2.45, 2.75) is 18.9 Å². The van der Waals surface area contributed by atoms with Crippen LogP contribution in [-0.2, 0) is 4.74 Å². The van der Waals surface area contributed by atoms with Crippen LogP contribution in [0.15, 0.2) is 24.4 Å². The molecule has 6 nitrogen and oxygen atoms in total. The molecular formula is C12H12ClN3O3. The highest BCUT2D eigenvalue weighted by Gasteiger charge is 2.23. The van der Waals surface area contributed by atoms with Gasteiger partial charge in [-0.15, -0.1) is 0 Å². The monoisotopic (exact) mass is 281 g/mol. The largest absolute Gasteiger partial charge is 0.478 e. The van der Waals surface area contributed by atoms with Crippen LogP contribution in [-0.4, -0.2) is 28.1 Å².